The quantitative estimate of drug-likeness (QED) is 0.764. The van der Waals surface area contributed by atoms with Crippen molar-refractivity contribution in [3.8, 4) is 5.75 Å². The fourth-order valence-corrected chi connectivity index (χ4v) is 1.59. The lowest BCUT2D eigenvalue weighted by Gasteiger charge is -2.10. The Bertz CT molecular complexity index is 339. The summed E-state index contributed by atoms with van der Waals surface area (Å²) in [5.41, 5.74) is 0.782. The highest BCUT2D eigenvalue weighted by molar-refractivity contribution is 6.32. The minimum Gasteiger partial charge on any atom is -0.490 e. The molecule has 0 aliphatic carbocycles. The summed E-state index contributed by atoms with van der Waals surface area (Å²) in [7, 11) is 0. The zero-order valence-corrected chi connectivity index (χ0v) is 11.0. The molecule has 0 aromatic heterocycles. The first-order valence-electron chi connectivity index (χ1n) is 5.83. The third-order valence-corrected chi connectivity index (χ3v) is 2.57. The third kappa shape index (κ3) is 4.94. The molecule has 0 saturated heterocycles. The molecule has 1 aromatic rings. The SMILES string of the molecule is CCCOCCOc1ccc([C@H](C)O)cc1Cl. The first kappa shape index (κ1) is 14.3. The van der Waals surface area contributed by atoms with Gasteiger partial charge in [-0.2, -0.15) is 0 Å². The van der Waals surface area contributed by atoms with Crippen LogP contribution < -0.4 is 4.74 Å². The summed E-state index contributed by atoms with van der Waals surface area (Å²) in [4.78, 5) is 0. The van der Waals surface area contributed by atoms with Crippen LogP contribution >= 0.6 is 11.6 Å². The Morgan fingerprint density at radius 1 is 1.29 bits per heavy atom. The molecule has 1 N–H and O–H groups in total. The van der Waals surface area contributed by atoms with Crippen LogP contribution in [-0.2, 0) is 4.74 Å². The van der Waals surface area contributed by atoms with Gasteiger partial charge in [0.2, 0.25) is 0 Å². The standard InChI is InChI=1S/C13H19ClO3/c1-3-6-16-7-8-17-13-5-4-11(10(2)15)9-12(13)14/h4-5,9-10,15H,3,6-8H2,1-2H3/t10-/m0/s1. The van der Waals surface area contributed by atoms with Gasteiger partial charge in [0.15, 0.2) is 0 Å². The molecule has 0 aliphatic heterocycles. The van der Waals surface area contributed by atoms with Gasteiger partial charge < -0.3 is 14.6 Å². The number of benzene rings is 1. The summed E-state index contributed by atoms with van der Waals surface area (Å²) < 4.78 is 10.8. The molecule has 1 atom stereocenters. The molecule has 0 fully saturated rings. The maximum absolute atomic E-state index is 9.39. The van der Waals surface area contributed by atoms with Crippen molar-refractivity contribution in [2.75, 3.05) is 19.8 Å². The summed E-state index contributed by atoms with van der Waals surface area (Å²) >= 11 is 6.04. The first-order valence-corrected chi connectivity index (χ1v) is 6.21. The number of aliphatic hydroxyl groups excluding tert-OH is 1. The monoisotopic (exact) mass is 258 g/mol. The van der Waals surface area contributed by atoms with Crippen molar-refractivity contribution in [1.29, 1.82) is 0 Å². The van der Waals surface area contributed by atoms with Gasteiger partial charge in [0.05, 0.1) is 17.7 Å². The molecule has 1 aromatic carbocycles. The van der Waals surface area contributed by atoms with E-state index in [1.54, 1.807) is 25.1 Å². The number of hydrogen-bond donors (Lipinski definition) is 1. The second-order valence-electron chi connectivity index (χ2n) is 3.83. The van der Waals surface area contributed by atoms with E-state index in [1.807, 2.05) is 0 Å². The van der Waals surface area contributed by atoms with Crippen molar-refractivity contribution in [2.45, 2.75) is 26.4 Å². The number of halogens is 1. The predicted molar refractivity (Wildman–Crippen MR) is 68.7 cm³/mol. The molecular formula is C13H19ClO3. The Balaban J connectivity index is 2.43. The van der Waals surface area contributed by atoms with E-state index >= 15 is 0 Å². The Labute approximate surface area is 107 Å². The molecule has 0 aliphatic rings. The topological polar surface area (TPSA) is 38.7 Å². The number of aliphatic hydroxyl groups is 1. The average Bonchev–Trinajstić information content (AvgIpc) is 2.30. The Morgan fingerprint density at radius 3 is 2.65 bits per heavy atom. The summed E-state index contributed by atoms with van der Waals surface area (Å²) in [6, 6.07) is 5.29. The third-order valence-electron chi connectivity index (χ3n) is 2.27. The van der Waals surface area contributed by atoms with Crippen LogP contribution in [0.1, 0.15) is 31.9 Å². The van der Waals surface area contributed by atoms with Crippen molar-refractivity contribution in [3.63, 3.8) is 0 Å². The predicted octanol–water partition coefficient (Wildman–Crippen LogP) is 3.20. The zero-order chi connectivity index (χ0) is 12.7. The van der Waals surface area contributed by atoms with Crippen molar-refractivity contribution >= 4 is 11.6 Å². The highest BCUT2D eigenvalue weighted by atomic mass is 35.5. The lowest BCUT2D eigenvalue weighted by atomic mass is 10.1. The van der Waals surface area contributed by atoms with E-state index in [0.29, 0.717) is 24.0 Å². The van der Waals surface area contributed by atoms with E-state index in [1.165, 1.54) is 0 Å². The van der Waals surface area contributed by atoms with Gasteiger partial charge in [-0.05, 0) is 31.0 Å². The highest BCUT2D eigenvalue weighted by Gasteiger charge is 2.06. The van der Waals surface area contributed by atoms with Gasteiger partial charge >= 0.3 is 0 Å². The van der Waals surface area contributed by atoms with Crippen LogP contribution in [0.3, 0.4) is 0 Å². The summed E-state index contributed by atoms with van der Waals surface area (Å²) in [5, 5.41) is 9.91. The van der Waals surface area contributed by atoms with Gasteiger partial charge in [-0.1, -0.05) is 24.6 Å². The minimum absolute atomic E-state index is 0.480. The molecule has 96 valence electrons. The lowest BCUT2D eigenvalue weighted by molar-refractivity contribution is 0.101. The van der Waals surface area contributed by atoms with Gasteiger partial charge in [0.25, 0.3) is 0 Å². The molecule has 0 heterocycles. The van der Waals surface area contributed by atoms with Crippen LogP contribution in [-0.4, -0.2) is 24.9 Å². The van der Waals surface area contributed by atoms with Gasteiger partial charge in [-0.15, -0.1) is 0 Å². The van der Waals surface area contributed by atoms with E-state index in [9.17, 15) is 5.11 Å². The molecule has 3 nitrogen and oxygen atoms in total. The smallest absolute Gasteiger partial charge is 0.138 e. The summed E-state index contributed by atoms with van der Waals surface area (Å²) in [6.07, 6.45) is 0.485. The number of hydrogen-bond acceptors (Lipinski definition) is 3. The number of ether oxygens (including phenoxy) is 2. The fourth-order valence-electron chi connectivity index (χ4n) is 1.35. The normalized spacial score (nSPS) is 12.5. The van der Waals surface area contributed by atoms with Crippen molar-refractivity contribution in [2.24, 2.45) is 0 Å². The second kappa shape index (κ2) is 7.54. The maximum atomic E-state index is 9.39. The fraction of sp³-hybridized carbons (Fsp3) is 0.538. The van der Waals surface area contributed by atoms with Gasteiger partial charge in [0.1, 0.15) is 12.4 Å². The molecule has 17 heavy (non-hydrogen) atoms. The van der Waals surface area contributed by atoms with Crippen LogP contribution in [0.2, 0.25) is 5.02 Å². The van der Waals surface area contributed by atoms with Crippen molar-refractivity contribution in [3.05, 3.63) is 28.8 Å². The average molecular weight is 259 g/mol. The molecule has 1 rings (SSSR count). The van der Waals surface area contributed by atoms with E-state index in [2.05, 4.69) is 6.92 Å². The molecule has 0 bridgehead atoms. The van der Waals surface area contributed by atoms with Crippen LogP contribution in [0.5, 0.6) is 5.75 Å². The van der Waals surface area contributed by atoms with Gasteiger partial charge in [-0.25, -0.2) is 0 Å². The molecular weight excluding hydrogens is 240 g/mol. The van der Waals surface area contributed by atoms with E-state index < -0.39 is 6.10 Å². The number of rotatable bonds is 7. The van der Waals surface area contributed by atoms with Gasteiger partial charge in [-0.3, -0.25) is 0 Å². The van der Waals surface area contributed by atoms with E-state index in [0.717, 1.165) is 18.6 Å². The Morgan fingerprint density at radius 2 is 2.06 bits per heavy atom. The van der Waals surface area contributed by atoms with Crippen molar-refractivity contribution < 1.29 is 14.6 Å². The molecule has 0 spiro atoms. The minimum atomic E-state index is -0.519. The van der Waals surface area contributed by atoms with Crippen LogP contribution in [0.15, 0.2) is 18.2 Å². The Kier molecular flexibility index (Phi) is 6.34. The second-order valence-corrected chi connectivity index (χ2v) is 4.23. The zero-order valence-electron chi connectivity index (χ0n) is 10.3. The van der Waals surface area contributed by atoms with Crippen LogP contribution in [0.25, 0.3) is 0 Å². The molecule has 0 unspecified atom stereocenters. The lowest BCUT2D eigenvalue weighted by Crippen LogP contribution is -2.07. The van der Waals surface area contributed by atoms with Crippen molar-refractivity contribution in [1.82, 2.24) is 0 Å². The maximum Gasteiger partial charge on any atom is 0.138 e. The molecule has 0 amide bonds. The molecule has 4 heteroatoms. The largest absolute Gasteiger partial charge is 0.490 e. The summed E-state index contributed by atoms with van der Waals surface area (Å²) in [6.45, 7) is 5.55. The Hall–Kier alpha value is -0.770. The first-order chi connectivity index (χ1) is 8.15. The van der Waals surface area contributed by atoms with Crippen LogP contribution in [0.4, 0.5) is 0 Å². The molecule has 0 radical (unpaired) electrons. The van der Waals surface area contributed by atoms with Crippen LogP contribution in [0, 0.1) is 0 Å². The highest BCUT2D eigenvalue weighted by Crippen LogP contribution is 2.27. The van der Waals surface area contributed by atoms with Gasteiger partial charge in [0, 0.05) is 6.61 Å². The summed E-state index contributed by atoms with van der Waals surface area (Å²) in [5.74, 6) is 0.621. The van der Waals surface area contributed by atoms with E-state index in [4.69, 9.17) is 21.1 Å². The molecule has 0 saturated carbocycles. The van der Waals surface area contributed by atoms with E-state index in [-0.39, 0.29) is 0 Å².